The van der Waals surface area contributed by atoms with Crippen molar-refractivity contribution in [3.05, 3.63) is 42.5 Å². The van der Waals surface area contributed by atoms with Gasteiger partial charge in [0.25, 0.3) is 0 Å². The molecule has 0 radical (unpaired) electrons. The first-order valence-electron chi connectivity index (χ1n) is 5.81. The predicted molar refractivity (Wildman–Crippen MR) is 75.0 cm³/mol. The first-order valence-corrected chi connectivity index (χ1v) is 6.19. The van der Waals surface area contributed by atoms with Crippen LogP contribution in [0.5, 0.6) is 17.2 Å². The van der Waals surface area contributed by atoms with Crippen LogP contribution in [0.15, 0.2) is 42.5 Å². The molecule has 0 spiro atoms. The zero-order valence-electron chi connectivity index (χ0n) is 10.8. The fraction of sp³-hybridized carbons (Fsp3) is 0.286. The van der Waals surface area contributed by atoms with Gasteiger partial charge in [0.05, 0.1) is 20.3 Å². The molecule has 0 amide bonds. The molecular formula is C14H16ClNO3. The van der Waals surface area contributed by atoms with Crippen molar-refractivity contribution < 1.29 is 14.2 Å². The third kappa shape index (κ3) is 2.69. The van der Waals surface area contributed by atoms with Crippen molar-refractivity contribution in [3.8, 4) is 17.2 Å². The molecule has 2 atom stereocenters. The van der Waals surface area contributed by atoms with Crippen LogP contribution in [0.25, 0.3) is 0 Å². The molecule has 1 aliphatic carbocycles. The van der Waals surface area contributed by atoms with Gasteiger partial charge >= 0.3 is 0 Å². The number of ether oxygens (including phenoxy) is 3. The van der Waals surface area contributed by atoms with Crippen LogP contribution in [0.4, 0.5) is 0 Å². The smallest absolute Gasteiger partial charge is 0.220 e. The van der Waals surface area contributed by atoms with Crippen LogP contribution in [0.2, 0.25) is 0 Å². The number of hydrogen-bond donors (Lipinski definition) is 1. The first kappa shape index (κ1) is 13.8. The first-order chi connectivity index (χ1) is 9.10. The molecule has 0 aliphatic heterocycles. The Kier molecular flexibility index (Phi) is 4.02. The monoisotopic (exact) mass is 281 g/mol. The maximum atomic E-state index is 6.40. The van der Waals surface area contributed by atoms with E-state index >= 15 is 0 Å². The maximum absolute atomic E-state index is 6.40. The van der Waals surface area contributed by atoms with E-state index in [4.69, 9.17) is 31.5 Å². The average Bonchev–Trinajstić information content (AvgIpc) is 2.42. The van der Waals surface area contributed by atoms with Crippen LogP contribution in [-0.4, -0.2) is 25.3 Å². The van der Waals surface area contributed by atoms with Crippen molar-refractivity contribution in [3.63, 3.8) is 0 Å². The van der Waals surface area contributed by atoms with Crippen LogP contribution >= 0.6 is 11.6 Å². The lowest BCUT2D eigenvalue weighted by molar-refractivity contribution is 0.181. The number of halogens is 1. The van der Waals surface area contributed by atoms with Gasteiger partial charge in [0, 0.05) is 0 Å². The summed E-state index contributed by atoms with van der Waals surface area (Å²) in [5, 5.41) is -1.13. The molecule has 0 aromatic heterocycles. The fourth-order valence-electron chi connectivity index (χ4n) is 1.82. The summed E-state index contributed by atoms with van der Waals surface area (Å²) in [4.78, 5) is 0. The Bertz CT molecular complexity index is 515. The second-order valence-electron chi connectivity index (χ2n) is 4.06. The highest BCUT2D eigenvalue weighted by Gasteiger charge is 2.35. The quantitative estimate of drug-likeness (QED) is 0.862. The minimum Gasteiger partial charge on any atom is -0.493 e. The molecule has 0 heterocycles. The average molecular weight is 282 g/mol. The number of benzene rings is 1. The number of hydrogen-bond acceptors (Lipinski definition) is 4. The van der Waals surface area contributed by atoms with Gasteiger partial charge in [-0.25, -0.2) is 0 Å². The van der Waals surface area contributed by atoms with Gasteiger partial charge in [-0.3, -0.25) is 0 Å². The van der Waals surface area contributed by atoms with Crippen molar-refractivity contribution in [1.29, 1.82) is 0 Å². The van der Waals surface area contributed by atoms with Crippen molar-refractivity contribution >= 4 is 11.6 Å². The summed E-state index contributed by atoms with van der Waals surface area (Å²) in [5.74, 6) is 1.54. The summed E-state index contributed by atoms with van der Waals surface area (Å²) in [5.41, 5.74) is 5.96. The molecule has 1 aromatic carbocycles. The highest BCUT2D eigenvalue weighted by atomic mass is 35.5. The number of para-hydroxylation sites is 1. The van der Waals surface area contributed by atoms with Crippen molar-refractivity contribution in [1.82, 2.24) is 0 Å². The molecule has 4 nitrogen and oxygen atoms in total. The molecule has 0 saturated heterocycles. The van der Waals surface area contributed by atoms with Gasteiger partial charge in [-0.2, -0.15) is 0 Å². The minimum atomic E-state index is -1.13. The topological polar surface area (TPSA) is 53.7 Å². The van der Waals surface area contributed by atoms with Gasteiger partial charge in [-0.1, -0.05) is 35.9 Å². The lowest BCUT2D eigenvalue weighted by Crippen LogP contribution is -2.46. The molecule has 1 aliphatic rings. The molecular weight excluding hydrogens is 266 g/mol. The molecule has 19 heavy (non-hydrogen) atoms. The molecule has 2 unspecified atom stereocenters. The molecule has 2 N–H and O–H groups in total. The Morgan fingerprint density at radius 1 is 1.16 bits per heavy atom. The van der Waals surface area contributed by atoms with Gasteiger partial charge in [0.1, 0.15) is 0 Å². The normalized spacial score (nSPS) is 25.2. The molecule has 0 bridgehead atoms. The minimum absolute atomic E-state index is 0.449. The summed E-state index contributed by atoms with van der Waals surface area (Å²) in [7, 11) is 3.11. The van der Waals surface area contributed by atoms with Crippen LogP contribution in [0, 0.1) is 0 Å². The van der Waals surface area contributed by atoms with Crippen molar-refractivity contribution in [2.24, 2.45) is 5.73 Å². The highest BCUT2D eigenvalue weighted by Crippen LogP contribution is 2.40. The number of allylic oxidation sites excluding steroid dienone is 2. The molecule has 102 valence electrons. The van der Waals surface area contributed by atoms with Gasteiger partial charge in [-0.05, 0) is 18.2 Å². The Labute approximate surface area is 117 Å². The summed E-state index contributed by atoms with van der Waals surface area (Å²) in [6.45, 7) is 0. The van der Waals surface area contributed by atoms with E-state index in [1.165, 1.54) is 0 Å². The van der Waals surface area contributed by atoms with Crippen LogP contribution in [0.3, 0.4) is 0 Å². The summed E-state index contributed by atoms with van der Waals surface area (Å²) in [6, 6.07) is 4.88. The van der Waals surface area contributed by atoms with E-state index in [1.807, 2.05) is 6.08 Å². The number of rotatable bonds is 4. The number of nitrogens with two attached hydrogens (primary N) is 1. The third-order valence-electron chi connectivity index (χ3n) is 2.84. The largest absolute Gasteiger partial charge is 0.493 e. The van der Waals surface area contributed by atoms with Crippen molar-refractivity contribution in [2.75, 3.05) is 14.2 Å². The fourth-order valence-corrected chi connectivity index (χ4v) is 2.05. The molecule has 2 rings (SSSR count). The van der Waals surface area contributed by atoms with E-state index < -0.39 is 11.1 Å². The van der Waals surface area contributed by atoms with Crippen molar-refractivity contribution in [2.45, 2.75) is 11.1 Å². The Morgan fingerprint density at radius 2 is 1.89 bits per heavy atom. The maximum Gasteiger partial charge on any atom is 0.220 e. The van der Waals surface area contributed by atoms with E-state index in [-0.39, 0.29) is 0 Å². The van der Waals surface area contributed by atoms with Gasteiger partial charge < -0.3 is 19.9 Å². The number of alkyl halides is 1. The Balaban J connectivity index is 2.33. The third-order valence-corrected chi connectivity index (χ3v) is 3.30. The second-order valence-corrected chi connectivity index (χ2v) is 4.65. The van der Waals surface area contributed by atoms with Crippen LogP contribution in [-0.2, 0) is 0 Å². The summed E-state index contributed by atoms with van der Waals surface area (Å²) in [6.07, 6.45) is 7.11. The lowest BCUT2D eigenvalue weighted by Gasteiger charge is -2.31. The van der Waals surface area contributed by atoms with Crippen LogP contribution in [0.1, 0.15) is 0 Å². The lowest BCUT2D eigenvalue weighted by atomic mass is 10.1. The zero-order chi connectivity index (χ0) is 13.9. The van der Waals surface area contributed by atoms with E-state index in [1.54, 1.807) is 50.6 Å². The van der Waals surface area contributed by atoms with E-state index in [9.17, 15) is 0 Å². The number of methoxy groups -OCH3 is 2. The highest BCUT2D eigenvalue weighted by molar-refractivity contribution is 6.25. The predicted octanol–water partition coefficient (Wildman–Crippen LogP) is 2.47. The van der Waals surface area contributed by atoms with Gasteiger partial charge in [0.2, 0.25) is 10.8 Å². The standard InChI is InChI=1S/C14H16ClNO3/c1-17-10-6-5-7-11(13(10)18-2)19-14(15)9-4-3-8-12(14)16/h3-9,12H,16H2,1-2H3. The van der Waals surface area contributed by atoms with E-state index in [0.29, 0.717) is 17.2 Å². The van der Waals surface area contributed by atoms with E-state index in [2.05, 4.69) is 0 Å². The second kappa shape index (κ2) is 5.55. The Hall–Kier alpha value is -1.65. The summed E-state index contributed by atoms with van der Waals surface area (Å²) < 4.78 is 16.3. The molecule has 0 fully saturated rings. The van der Waals surface area contributed by atoms with E-state index in [0.717, 1.165) is 0 Å². The zero-order valence-corrected chi connectivity index (χ0v) is 11.6. The SMILES string of the molecule is COc1cccc(OC2(Cl)C=CC=CC2N)c1OC. The Morgan fingerprint density at radius 3 is 2.53 bits per heavy atom. The molecule has 1 aromatic rings. The van der Waals surface area contributed by atoms with Gasteiger partial charge in [0.15, 0.2) is 11.5 Å². The van der Waals surface area contributed by atoms with Gasteiger partial charge in [-0.15, -0.1) is 0 Å². The molecule has 5 heteroatoms. The summed E-state index contributed by atoms with van der Waals surface area (Å²) >= 11 is 6.40. The molecule has 0 saturated carbocycles. The van der Waals surface area contributed by atoms with Crippen LogP contribution < -0.4 is 19.9 Å².